The van der Waals surface area contributed by atoms with Gasteiger partial charge < -0.3 is 4.90 Å². The molecule has 0 radical (unpaired) electrons. The zero-order valence-corrected chi connectivity index (χ0v) is 10.1. The van der Waals surface area contributed by atoms with Crippen molar-refractivity contribution in [2.24, 2.45) is 0 Å². The van der Waals surface area contributed by atoms with Crippen molar-refractivity contribution in [1.82, 2.24) is 4.90 Å². The van der Waals surface area contributed by atoms with Crippen LogP contribution in [0.1, 0.15) is 18.9 Å². The summed E-state index contributed by atoms with van der Waals surface area (Å²) in [7, 11) is 2.00. The minimum atomic E-state index is -0.137. The van der Waals surface area contributed by atoms with E-state index in [0.717, 1.165) is 23.0 Å². The Morgan fingerprint density at radius 3 is 2.71 bits per heavy atom. The third-order valence-corrected chi connectivity index (χ3v) is 2.55. The van der Waals surface area contributed by atoms with Gasteiger partial charge in [-0.1, -0.05) is 28.9 Å². The topological polar surface area (TPSA) is 3.24 Å². The molecule has 0 aliphatic rings. The first-order valence-corrected chi connectivity index (χ1v) is 5.55. The van der Waals surface area contributed by atoms with Crippen LogP contribution in [0.4, 0.5) is 4.39 Å². The third kappa shape index (κ3) is 3.39. The summed E-state index contributed by atoms with van der Waals surface area (Å²) in [5.74, 6) is -0.137. The molecule has 0 bridgehead atoms. The van der Waals surface area contributed by atoms with Gasteiger partial charge >= 0.3 is 0 Å². The van der Waals surface area contributed by atoms with Crippen LogP contribution in [0, 0.1) is 5.82 Å². The standard InChI is InChI=1S/C11H15BrFN/c1-3-6-14(2)8-9-4-5-10(12)7-11(9)13/h4-5,7H,3,6,8H2,1-2H3. The Labute approximate surface area is 93.0 Å². The Kier molecular flexibility index (Phi) is 4.55. The first-order valence-electron chi connectivity index (χ1n) is 4.76. The molecule has 1 aromatic carbocycles. The van der Waals surface area contributed by atoms with Crippen LogP contribution in [-0.2, 0) is 6.54 Å². The molecule has 0 saturated carbocycles. The maximum absolute atomic E-state index is 13.4. The Morgan fingerprint density at radius 2 is 2.14 bits per heavy atom. The van der Waals surface area contributed by atoms with Crippen LogP contribution in [-0.4, -0.2) is 18.5 Å². The summed E-state index contributed by atoms with van der Waals surface area (Å²) in [6.45, 7) is 3.79. The molecule has 1 nitrogen and oxygen atoms in total. The van der Waals surface area contributed by atoms with Gasteiger partial charge in [0.1, 0.15) is 5.82 Å². The summed E-state index contributed by atoms with van der Waals surface area (Å²) in [4.78, 5) is 2.12. The van der Waals surface area contributed by atoms with Crippen LogP contribution in [0.3, 0.4) is 0 Å². The van der Waals surface area contributed by atoms with E-state index in [1.54, 1.807) is 0 Å². The number of hydrogen-bond acceptors (Lipinski definition) is 1. The molecule has 0 amide bonds. The molecule has 0 N–H and O–H groups in total. The zero-order valence-electron chi connectivity index (χ0n) is 8.56. The second kappa shape index (κ2) is 5.47. The number of rotatable bonds is 4. The highest BCUT2D eigenvalue weighted by molar-refractivity contribution is 9.10. The lowest BCUT2D eigenvalue weighted by Crippen LogP contribution is -2.19. The molecule has 0 atom stereocenters. The average molecular weight is 260 g/mol. The molecule has 0 spiro atoms. The average Bonchev–Trinajstić information content (AvgIpc) is 2.10. The van der Waals surface area contributed by atoms with Crippen LogP contribution >= 0.6 is 15.9 Å². The second-order valence-corrected chi connectivity index (χ2v) is 4.39. The van der Waals surface area contributed by atoms with E-state index >= 15 is 0 Å². The minimum absolute atomic E-state index is 0.137. The van der Waals surface area contributed by atoms with E-state index in [1.165, 1.54) is 6.07 Å². The van der Waals surface area contributed by atoms with Gasteiger partial charge in [0.15, 0.2) is 0 Å². The molecule has 0 aromatic heterocycles. The van der Waals surface area contributed by atoms with Gasteiger partial charge in [-0.05, 0) is 32.1 Å². The van der Waals surface area contributed by atoms with E-state index < -0.39 is 0 Å². The van der Waals surface area contributed by atoms with Crippen LogP contribution in [0.25, 0.3) is 0 Å². The van der Waals surface area contributed by atoms with Crippen LogP contribution in [0.2, 0.25) is 0 Å². The van der Waals surface area contributed by atoms with E-state index in [0.29, 0.717) is 6.54 Å². The summed E-state index contributed by atoms with van der Waals surface area (Å²) in [6.07, 6.45) is 1.09. The van der Waals surface area contributed by atoms with Gasteiger partial charge in [0.05, 0.1) is 0 Å². The first-order chi connectivity index (χ1) is 6.63. The monoisotopic (exact) mass is 259 g/mol. The van der Waals surface area contributed by atoms with Gasteiger partial charge in [-0.25, -0.2) is 4.39 Å². The fraction of sp³-hybridized carbons (Fsp3) is 0.455. The summed E-state index contributed by atoms with van der Waals surface area (Å²) in [5.41, 5.74) is 0.754. The largest absolute Gasteiger partial charge is 0.302 e. The molecule has 0 aliphatic heterocycles. The van der Waals surface area contributed by atoms with Crippen molar-refractivity contribution >= 4 is 15.9 Å². The molecule has 1 aromatic rings. The summed E-state index contributed by atoms with van der Waals surface area (Å²) < 4.78 is 14.2. The maximum atomic E-state index is 13.4. The lowest BCUT2D eigenvalue weighted by Gasteiger charge is -2.15. The molecule has 1 rings (SSSR count). The quantitative estimate of drug-likeness (QED) is 0.801. The van der Waals surface area contributed by atoms with E-state index in [2.05, 4.69) is 27.8 Å². The maximum Gasteiger partial charge on any atom is 0.128 e. The Balaban J connectivity index is 2.67. The number of nitrogens with zero attached hydrogens (tertiary/aromatic N) is 1. The van der Waals surface area contributed by atoms with Gasteiger partial charge in [-0.2, -0.15) is 0 Å². The lowest BCUT2D eigenvalue weighted by atomic mass is 10.2. The van der Waals surface area contributed by atoms with Crippen molar-refractivity contribution < 1.29 is 4.39 Å². The fourth-order valence-electron chi connectivity index (χ4n) is 1.40. The molecule has 14 heavy (non-hydrogen) atoms. The Hall–Kier alpha value is -0.410. The van der Waals surface area contributed by atoms with Gasteiger partial charge in [-0.15, -0.1) is 0 Å². The third-order valence-electron chi connectivity index (χ3n) is 2.06. The second-order valence-electron chi connectivity index (χ2n) is 3.47. The Morgan fingerprint density at radius 1 is 1.43 bits per heavy atom. The molecule has 0 fully saturated rings. The smallest absolute Gasteiger partial charge is 0.128 e. The highest BCUT2D eigenvalue weighted by atomic mass is 79.9. The van der Waals surface area contributed by atoms with Crippen molar-refractivity contribution in [2.45, 2.75) is 19.9 Å². The molecule has 0 saturated heterocycles. The lowest BCUT2D eigenvalue weighted by molar-refractivity contribution is 0.322. The highest BCUT2D eigenvalue weighted by Gasteiger charge is 2.05. The fourth-order valence-corrected chi connectivity index (χ4v) is 1.73. The van der Waals surface area contributed by atoms with Crippen molar-refractivity contribution in [2.75, 3.05) is 13.6 Å². The van der Waals surface area contributed by atoms with Crippen molar-refractivity contribution in [3.8, 4) is 0 Å². The number of hydrogen-bond donors (Lipinski definition) is 0. The summed E-state index contributed by atoms with van der Waals surface area (Å²) in [5, 5.41) is 0. The van der Waals surface area contributed by atoms with Crippen LogP contribution in [0.5, 0.6) is 0 Å². The molecule has 0 heterocycles. The van der Waals surface area contributed by atoms with Gasteiger partial charge in [0.2, 0.25) is 0 Å². The molecule has 78 valence electrons. The van der Waals surface area contributed by atoms with Gasteiger partial charge in [-0.3, -0.25) is 0 Å². The van der Waals surface area contributed by atoms with Crippen molar-refractivity contribution in [1.29, 1.82) is 0 Å². The van der Waals surface area contributed by atoms with Crippen LogP contribution < -0.4 is 0 Å². The minimum Gasteiger partial charge on any atom is -0.302 e. The van der Waals surface area contributed by atoms with E-state index in [9.17, 15) is 4.39 Å². The van der Waals surface area contributed by atoms with Crippen molar-refractivity contribution in [3.63, 3.8) is 0 Å². The molecule has 0 unspecified atom stereocenters. The van der Waals surface area contributed by atoms with E-state index in [1.807, 2.05) is 19.2 Å². The SMILES string of the molecule is CCCN(C)Cc1ccc(Br)cc1F. The number of benzene rings is 1. The summed E-state index contributed by atoms with van der Waals surface area (Å²) >= 11 is 3.24. The van der Waals surface area contributed by atoms with Gasteiger partial charge in [0, 0.05) is 16.6 Å². The Bertz CT molecular complexity index is 301. The van der Waals surface area contributed by atoms with E-state index in [4.69, 9.17) is 0 Å². The zero-order chi connectivity index (χ0) is 10.6. The molecular weight excluding hydrogens is 245 g/mol. The van der Waals surface area contributed by atoms with Crippen molar-refractivity contribution in [3.05, 3.63) is 34.1 Å². The van der Waals surface area contributed by atoms with Crippen LogP contribution in [0.15, 0.2) is 22.7 Å². The molecule has 3 heteroatoms. The highest BCUT2D eigenvalue weighted by Crippen LogP contribution is 2.16. The predicted octanol–water partition coefficient (Wildman–Crippen LogP) is 3.43. The first kappa shape index (κ1) is 11.7. The number of halogens is 2. The summed E-state index contributed by atoms with van der Waals surface area (Å²) in [6, 6.07) is 5.21. The molecular formula is C11H15BrFN. The van der Waals surface area contributed by atoms with E-state index in [-0.39, 0.29) is 5.82 Å². The normalized spacial score (nSPS) is 10.9. The van der Waals surface area contributed by atoms with Gasteiger partial charge in [0.25, 0.3) is 0 Å². The predicted molar refractivity (Wildman–Crippen MR) is 60.7 cm³/mol. The molecule has 0 aliphatic carbocycles.